The number of aliphatic hydroxyl groups excluding tert-OH is 1. The molecule has 0 radical (unpaired) electrons. The highest BCUT2D eigenvalue weighted by Crippen LogP contribution is 2.38. The van der Waals surface area contributed by atoms with Gasteiger partial charge in [0, 0.05) is 20.2 Å². The number of nitrogens with zero attached hydrogens (tertiary/aromatic N) is 4. The van der Waals surface area contributed by atoms with Crippen LogP contribution < -0.4 is 10.6 Å². The number of aliphatic hydroxyl groups is 1. The summed E-state index contributed by atoms with van der Waals surface area (Å²) in [5.41, 5.74) is 1.36. The zero-order valence-electron chi connectivity index (χ0n) is 19.0. The number of hydrogen-bond donors (Lipinski definition) is 3. The van der Waals surface area contributed by atoms with Gasteiger partial charge in [-0.05, 0) is 44.1 Å². The number of aryl methyl sites for hydroxylation is 1. The number of hydrogen-bond acceptors (Lipinski definition) is 4. The Bertz CT molecular complexity index is 811. The van der Waals surface area contributed by atoms with Gasteiger partial charge in [-0.1, -0.05) is 49.6 Å². The van der Waals surface area contributed by atoms with Crippen LogP contribution in [0.5, 0.6) is 0 Å². The maximum atomic E-state index is 9.64. The Morgan fingerprint density at radius 2 is 1.90 bits per heavy atom. The normalized spacial score (nSPS) is 17.0. The minimum atomic E-state index is 0. The molecule has 0 saturated heterocycles. The molecule has 0 spiro atoms. The van der Waals surface area contributed by atoms with Crippen LogP contribution in [0.4, 0.5) is 0 Å². The summed E-state index contributed by atoms with van der Waals surface area (Å²) < 4.78 is 1.97. The molecule has 2 aromatic rings. The van der Waals surface area contributed by atoms with Crippen LogP contribution >= 0.6 is 24.0 Å². The molecule has 1 unspecified atom stereocenters. The standard InChI is InChI=1S/C23H36N6O.HI/c1-18(20-10-6-4-7-11-20)26-22(24-16-21-28-27-19(2)29(21)3)25-17-23(14-15-30)12-8-5-9-13-23;/h4,6-7,10-11,18,30H,5,8-9,12-17H2,1-3H3,(H2,24,25,26);1H. The average Bonchev–Trinajstić information content (AvgIpc) is 3.09. The smallest absolute Gasteiger partial charge is 0.192 e. The highest BCUT2D eigenvalue weighted by atomic mass is 127. The highest BCUT2D eigenvalue weighted by Gasteiger charge is 2.31. The lowest BCUT2D eigenvalue weighted by atomic mass is 9.72. The second-order valence-electron chi connectivity index (χ2n) is 8.55. The molecule has 1 atom stereocenters. The first-order chi connectivity index (χ1) is 14.5. The minimum Gasteiger partial charge on any atom is -0.396 e. The number of nitrogens with one attached hydrogen (secondary N) is 2. The van der Waals surface area contributed by atoms with Crippen LogP contribution in [0.15, 0.2) is 35.3 Å². The first-order valence-electron chi connectivity index (χ1n) is 11.1. The van der Waals surface area contributed by atoms with Crippen LogP contribution in [0, 0.1) is 12.3 Å². The van der Waals surface area contributed by atoms with Crippen LogP contribution in [0.2, 0.25) is 0 Å². The molecule has 0 bridgehead atoms. The van der Waals surface area contributed by atoms with Crippen molar-refractivity contribution >= 4 is 29.9 Å². The van der Waals surface area contributed by atoms with Gasteiger partial charge in [-0.3, -0.25) is 0 Å². The molecule has 1 fully saturated rings. The van der Waals surface area contributed by atoms with E-state index in [1.165, 1.54) is 24.8 Å². The summed E-state index contributed by atoms with van der Waals surface area (Å²) >= 11 is 0. The van der Waals surface area contributed by atoms with Gasteiger partial charge in [-0.2, -0.15) is 0 Å². The van der Waals surface area contributed by atoms with Gasteiger partial charge in [0.2, 0.25) is 0 Å². The summed E-state index contributed by atoms with van der Waals surface area (Å²) in [6, 6.07) is 10.5. The molecule has 0 amide bonds. The van der Waals surface area contributed by atoms with E-state index in [0.717, 1.165) is 43.4 Å². The van der Waals surface area contributed by atoms with Gasteiger partial charge < -0.3 is 20.3 Å². The largest absolute Gasteiger partial charge is 0.396 e. The van der Waals surface area contributed by atoms with Crippen molar-refractivity contribution < 1.29 is 5.11 Å². The number of aromatic nitrogens is 3. The number of rotatable bonds is 8. The van der Waals surface area contributed by atoms with Gasteiger partial charge >= 0.3 is 0 Å². The number of aliphatic imine (C=N–C) groups is 1. The van der Waals surface area contributed by atoms with Gasteiger partial charge in [-0.25, -0.2) is 4.99 Å². The van der Waals surface area contributed by atoms with Crippen molar-refractivity contribution in [3.05, 3.63) is 47.5 Å². The van der Waals surface area contributed by atoms with E-state index in [-0.39, 0.29) is 42.0 Å². The second-order valence-corrected chi connectivity index (χ2v) is 8.55. The summed E-state index contributed by atoms with van der Waals surface area (Å²) in [6.07, 6.45) is 6.92. The average molecular weight is 540 g/mol. The van der Waals surface area contributed by atoms with E-state index in [1.54, 1.807) is 0 Å². The van der Waals surface area contributed by atoms with Crippen LogP contribution in [0.25, 0.3) is 0 Å². The quantitative estimate of drug-likeness (QED) is 0.269. The van der Waals surface area contributed by atoms with Crippen molar-refractivity contribution in [2.75, 3.05) is 13.2 Å². The molecule has 0 aliphatic heterocycles. The summed E-state index contributed by atoms with van der Waals surface area (Å²) in [5, 5.41) is 25.1. The lowest BCUT2D eigenvalue weighted by molar-refractivity contribution is 0.131. The molecule has 7 nitrogen and oxygen atoms in total. The van der Waals surface area contributed by atoms with Crippen LogP contribution in [0.3, 0.4) is 0 Å². The summed E-state index contributed by atoms with van der Waals surface area (Å²) in [5.74, 6) is 2.49. The molecule has 8 heteroatoms. The Labute approximate surface area is 203 Å². The van der Waals surface area contributed by atoms with Crippen LogP contribution in [0.1, 0.15) is 68.7 Å². The maximum Gasteiger partial charge on any atom is 0.192 e. The lowest BCUT2D eigenvalue weighted by Gasteiger charge is -2.37. The van der Waals surface area contributed by atoms with E-state index in [2.05, 4.69) is 52.0 Å². The number of halogens is 1. The van der Waals surface area contributed by atoms with Crippen molar-refractivity contribution in [2.24, 2.45) is 17.5 Å². The van der Waals surface area contributed by atoms with Gasteiger partial charge in [0.1, 0.15) is 12.4 Å². The van der Waals surface area contributed by atoms with Crippen molar-refractivity contribution in [2.45, 2.75) is 65.0 Å². The topological polar surface area (TPSA) is 87.4 Å². The molecular formula is C23H37IN6O. The molecule has 1 saturated carbocycles. The third-order valence-corrected chi connectivity index (χ3v) is 6.40. The number of guanidine groups is 1. The summed E-state index contributed by atoms with van der Waals surface area (Å²) in [7, 11) is 1.96. The third-order valence-electron chi connectivity index (χ3n) is 6.40. The van der Waals surface area contributed by atoms with Crippen molar-refractivity contribution in [3.8, 4) is 0 Å². The Hall–Kier alpha value is -1.68. The van der Waals surface area contributed by atoms with Crippen molar-refractivity contribution in [3.63, 3.8) is 0 Å². The Balaban J connectivity index is 0.00000341. The molecule has 1 aromatic carbocycles. The van der Waals surface area contributed by atoms with Crippen molar-refractivity contribution in [1.82, 2.24) is 25.4 Å². The molecule has 3 N–H and O–H groups in total. The Morgan fingerprint density at radius 3 is 2.52 bits per heavy atom. The molecule has 1 aliphatic rings. The molecule has 3 rings (SSSR count). The minimum absolute atomic E-state index is 0. The van der Waals surface area contributed by atoms with Gasteiger partial charge in [-0.15, -0.1) is 34.2 Å². The molecule has 1 aliphatic carbocycles. The van der Waals surface area contributed by atoms with Crippen LogP contribution in [-0.2, 0) is 13.6 Å². The Morgan fingerprint density at radius 1 is 1.19 bits per heavy atom. The van der Waals surface area contributed by atoms with Gasteiger partial charge in [0.15, 0.2) is 11.8 Å². The van der Waals surface area contributed by atoms with Gasteiger partial charge in [0.05, 0.1) is 6.04 Å². The molecule has 31 heavy (non-hydrogen) atoms. The fourth-order valence-corrected chi connectivity index (χ4v) is 4.25. The van der Waals surface area contributed by atoms with E-state index in [4.69, 9.17) is 4.99 Å². The van der Waals surface area contributed by atoms with Crippen molar-refractivity contribution in [1.29, 1.82) is 0 Å². The first-order valence-corrected chi connectivity index (χ1v) is 11.1. The predicted octanol–water partition coefficient (Wildman–Crippen LogP) is 3.87. The van der Waals surface area contributed by atoms with E-state index in [1.807, 2.05) is 24.6 Å². The highest BCUT2D eigenvalue weighted by molar-refractivity contribution is 14.0. The SMILES string of the molecule is Cc1nnc(CN=C(NCC2(CCO)CCCCC2)NC(C)c2ccccc2)n1C.I. The third kappa shape index (κ3) is 7.17. The lowest BCUT2D eigenvalue weighted by Crippen LogP contribution is -2.45. The molecule has 1 heterocycles. The van der Waals surface area contributed by atoms with Crippen LogP contribution in [-0.4, -0.2) is 39.0 Å². The first kappa shape index (κ1) is 25.6. The molecular weight excluding hydrogens is 503 g/mol. The van der Waals surface area contributed by atoms with Gasteiger partial charge in [0.25, 0.3) is 0 Å². The zero-order valence-corrected chi connectivity index (χ0v) is 21.3. The summed E-state index contributed by atoms with van der Waals surface area (Å²) in [4.78, 5) is 4.82. The molecule has 1 aromatic heterocycles. The molecule has 172 valence electrons. The fourth-order valence-electron chi connectivity index (χ4n) is 4.25. The van der Waals surface area contributed by atoms with E-state index in [9.17, 15) is 5.11 Å². The van der Waals surface area contributed by atoms with E-state index in [0.29, 0.717) is 6.54 Å². The zero-order chi connectivity index (χ0) is 21.4. The Kier molecular flexibility index (Phi) is 10.2. The summed E-state index contributed by atoms with van der Waals surface area (Å²) in [6.45, 7) is 5.60. The predicted molar refractivity (Wildman–Crippen MR) is 136 cm³/mol. The second kappa shape index (κ2) is 12.4. The number of benzene rings is 1. The van der Waals surface area contributed by atoms with E-state index < -0.39 is 0 Å². The maximum absolute atomic E-state index is 9.64. The monoisotopic (exact) mass is 540 g/mol. The fraction of sp³-hybridized carbons (Fsp3) is 0.609. The van der Waals surface area contributed by atoms with E-state index >= 15 is 0 Å².